The highest BCUT2D eigenvalue weighted by Gasteiger charge is 2.30. The second-order valence-corrected chi connectivity index (χ2v) is 6.79. The minimum Gasteiger partial charge on any atom is -0.444 e. The zero-order valence-electron chi connectivity index (χ0n) is 14.0. The van der Waals surface area contributed by atoms with Gasteiger partial charge in [0.25, 0.3) is 0 Å². The summed E-state index contributed by atoms with van der Waals surface area (Å²) in [6, 6.07) is 0.763. The third kappa shape index (κ3) is 8.94. The molecule has 0 bridgehead atoms. The van der Waals surface area contributed by atoms with Crippen LogP contribution in [0.4, 0.5) is 4.79 Å². The van der Waals surface area contributed by atoms with Gasteiger partial charge in [-0.1, -0.05) is 13.3 Å². The number of carbonyl (C=O) groups excluding carboxylic acids is 1. The molecule has 1 saturated carbocycles. The van der Waals surface area contributed by atoms with Gasteiger partial charge in [-0.15, -0.1) is 0 Å². The Kier molecular flexibility index (Phi) is 8.04. The molecule has 1 fully saturated rings. The number of unbranched alkanes of at least 4 members (excludes halogenated alkanes) is 1. The lowest BCUT2D eigenvalue weighted by molar-refractivity contribution is 0.0465. The van der Waals surface area contributed by atoms with Crippen LogP contribution in [0.3, 0.4) is 0 Å². The fourth-order valence-corrected chi connectivity index (χ4v) is 2.21. The minimum atomic E-state index is -0.427. The molecule has 0 unspecified atom stereocenters. The topological polar surface area (TPSA) is 59.6 Å². The molecule has 2 N–H and O–H groups in total. The Bertz CT molecular complexity index is 296. The van der Waals surface area contributed by atoms with Crippen LogP contribution in [0, 0.1) is 0 Å². The normalized spacial score (nSPS) is 21.7. The Hall–Kier alpha value is -0.810. The van der Waals surface area contributed by atoms with Crippen LogP contribution in [0.5, 0.6) is 0 Å². The fraction of sp³-hybridized carbons (Fsp3) is 0.938. The largest absolute Gasteiger partial charge is 0.444 e. The van der Waals surface area contributed by atoms with Gasteiger partial charge in [0.1, 0.15) is 5.60 Å². The van der Waals surface area contributed by atoms with Crippen LogP contribution in [-0.2, 0) is 9.47 Å². The van der Waals surface area contributed by atoms with Crippen molar-refractivity contribution in [3.8, 4) is 0 Å². The molecule has 0 heterocycles. The van der Waals surface area contributed by atoms with Crippen molar-refractivity contribution in [3.05, 3.63) is 0 Å². The molecule has 21 heavy (non-hydrogen) atoms. The molecule has 1 rings (SSSR count). The number of amides is 1. The molecule has 0 aromatic rings. The maximum atomic E-state index is 11.6. The molecule has 0 aromatic carbocycles. The van der Waals surface area contributed by atoms with E-state index in [0.717, 1.165) is 45.4 Å². The predicted octanol–water partition coefficient (Wildman–Crippen LogP) is 2.84. The first-order chi connectivity index (χ1) is 9.90. The summed E-state index contributed by atoms with van der Waals surface area (Å²) >= 11 is 0. The Morgan fingerprint density at radius 3 is 2.43 bits per heavy atom. The predicted molar refractivity (Wildman–Crippen MR) is 84.5 cm³/mol. The standard InChI is InChI=1S/C16H32N2O3/c1-5-6-9-20-10-7-8-17-13-11-14(12-13)18-15(19)21-16(2,3)4/h13-14,17H,5-12H2,1-4H3,(H,18,19). The number of alkyl carbamates (subject to hydrolysis) is 1. The van der Waals surface area contributed by atoms with Crippen LogP contribution < -0.4 is 10.6 Å². The average Bonchev–Trinajstić information content (AvgIpc) is 2.31. The van der Waals surface area contributed by atoms with Crippen molar-refractivity contribution < 1.29 is 14.3 Å². The molecule has 1 aliphatic rings. The minimum absolute atomic E-state index is 0.248. The zero-order valence-corrected chi connectivity index (χ0v) is 14.0. The molecule has 0 aromatic heterocycles. The maximum Gasteiger partial charge on any atom is 0.407 e. The van der Waals surface area contributed by atoms with Gasteiger partial charge in [-0.05, 0) is 53.0 Å². The monoisotopic (exact) mass is 300 g/mol. The van der Waals surface area contributed by atoms with Gasteiger partial charge in [-0.3, -0.25) is 0 Å². The first-order valence-corrected chi connectivity index (χ1v) is 8.21. The van der Waals surface area contributed by atoms with Crippen LogP contribution in [0.1, 0.15) is 59.8 Å². The SMILES string of the molecule is CCCCOCCCNC1CC(NC(=O)OC(C)(C)C)C1. The highest BCUT2D eigenvalue weighted by Crippen LogP contribution is 2.20. The van der Waals surface area contributed by atoms with E-state index in [2.05, 4.69) is 17.6 Å². The van der Waals surface area contributed by atoms with Crippen LogP contribution in [-0.4, -0.2) is 43.5 Å². The van der Waals surface area contributed by atoms with Crippen LogP contribution >= 0.6 is 0 Å². The summed E-state index contributed by atoms with van der Waals surface area (Å²) in [5.41, 5.74) is -0.427. The third-order valence-electron chi connectivity index (χ3n) is 3.40. The van der Waals surface area contributed by atoms with Crippen molar-refractivity contribution >= 4 is 6.09 Å². The van der Waals surface area contributed by atoms with Gasteiger partial charge in [-0.2, -0.15) is 0 Å². The van der Waals surface area contributed by atoms with Gasteiger partial charge in [0, 0.05) is 25.3 Å². The Balaban J connectivity index is 1.93. The first-order valence-electron chi connectivity index (χ1n) is 8.21. The van der Waals surface area contributed by atoms with Crippen molar-refractivity contribution in [1.82, 2.24) is 10.6 Å². The average molecular weight is 300 g/mol. The van der Waals surface area contributed by atoms with Crippen molar-refractivity contribution in [2.75, 3.05) is 19.8 Å². The second-order valence-electron chi connectivity index (χ2n) is 6.79. The van der Waals surface area contributed by atoms with Gasteiger partial charge in [-0.25, -0.2) is 4.79 Å². The Labute approximate surface area is 129 Å². The number of rotatable bonds is 9. The number of hydrogen-bond acceptors (Lipinski definition) is 4. The molecule has 5 heteroatoms. The van der Waals surface area contributed by atoms with E-state index in [1.54, 1.807) is 0 Å². The van der Waals surface area contributed by atoms with Crippen LogP contribution in [0.25, 0.3) is 0 Å². The van der Waals surface area contributed by atoms with E-state index < -0.39 is 5.60 Å². The summed E-state index contributed by atoms with van der Waals surface area (Å²) in [5.74, 6) is 0. The summed E-state index contributed by atoms with van der Waals surface area (Å²) in [7, 11) is 0. The lowest BCUT2D eigenvalue weighted by Gasteiger charge is -2.36. The summed E-state index contributed by atoms with van der Waals surface area (Å²) in [6.45, 7) is 10.5. The van der Waals surface area contributed by atoms with Crippen molar-refractivity contribution in [2.45, 2.75) is 77.5 Å². The van der Waals surface area contributed by atoms with Crippen LogP contribution in [0.2, 0.25) is 0 Å². The van der Waals surface area contributed by atoms with Gasteiger partial charge in [0.15, 0.2) is 0 Å². The molecule has 0 radical (unpaired) electrons. The summed E-state index contributed by atoms with van der Waals surface area (Å²) in [6.07, 6.45) is 5.03. The third-order valence-corrected chi connectivity index (χ3v) is 3.40. The van der Waals surface area contributed by atoms with E-state index in [4.69, 9.17) is 9.47 Å². The molecule has 0 aliphatic heterocycles. The maximum absolute atomic E-state index is 11.6. The molecule has 0 atom stereocenters. The van der Waals surface area contributed by atoms with E-state index in [1.807, 2.05) is 20.8 Å². The zero-order chi connectivity index (χ0) is 15.7. The molecule has 0 saturated heterocycles. The Morgan fingerprint density at radius 2 is 1.81 bits per heavy atom. The fourth-order valence-electron chi connectivity index (χ4n) is 2.21. The molecule has 5 nitrogen and oxygen atoms in total. The van der Waals surface area contributed by atoms with Gasteiger partial charge in [0.05, 0.1) is 0 Å². The van der Waals surface area contributed by atoms with Crippen molar-refractivity contribution in [3.63, 3.8) is 0 Å². The van der Waals surface area contributed by atoms with E-state index in [-0.39, 0.29) is 12.1 Å². The number of carbonyl (C=O) groups is 1. The van der Waals surface area contributed by atoms with Gasteiger partial charge in [0.2, 0.25) is 0 Å². The molecule has 1 aliphatic carbocycles. The molecule has 1 amide bonds. The van der Waals surface area contributed by atoms with Crippen LogP contribution in [0.15, 0.2) is 0 Å². The summed E-state index contributed by atoms with van der Waals surface area (Å²) < 4.78 is 10.8. The highest BCUT2D eigenvalue weighted by atomic mass is 16.6. The molecular formula is C16H32N2O3. The number of nitrogens with one attached hydrogen (secondary N) is 2. The smallest absolute Gasteiger partial charge is 0.407 e. The second kappa shape index (κ2) is 9.26. The summed E-state index contributed by atoms with van der Waals surface area (Å²) in [4.78, 5) is 11.6. The molecule has 0 spiro atoms. The van der Waals surface area contributed by atoms with Crippen molar-refractivity contribution in [1.29, 1.82) is 0 Å². The molecule has 124 valence electrons. The lowest BCUT2D eigenvalue weighted by atomic mass is 9.87. The van der Waals surface area contributed by atoms with E-state index in [9.17, 15) is 4.79 Å². The number of ether oxygens (including phenoxy) is 2. The first kappa shape index (κ1) is 18.2. The van der Waals surface area contributed by atoms with Gasteiger partial charge < -0.3 is 20.1 Å². The van der Waals surface area contributed by atoms with E-state index in [0.29, 0.717) is 6.04 Å². The molecular weight excluding hydrogens is 268 g/mol. The summed E-state index contributed by atoms with van der Waals surface area (Å²) in [5, 5.41) is 6.39. The van der Waals surface area contributed by atoms with Gasteiger partial charge >= 0.3 is 6.09 Å². The highest BCUT2D eigenvalue weighted by molar-refractivity contribution is 5.68. The van der Waals surface area contributed by atoms with E-state index in [1.165, 1.54) is 6.42 Å². The van der Waals surface area contributed by atoms with E-state index >= 15 is 0 Å². The lowest BCUT2D eigenvalue weighted by Crippen LogP contribution is -2.53. The Morgan fingerprint density at radius 1 is 1.14 bits per heavy atom. The number of hydrogen-bond donors (Lipinski definition) is 2. The van der Waals surface area contributed by atoms with Crippen molar-refractivity contribution in [2.24, 2.45) is 0 Å². The quantitative estimate of drug-likeness (QED) is 0.643.